The van der Waals surface area contributed by atoms with E-state index in [4.69, 9.17) is 11.6 Å². The highest BCUT2D eigenvalue weighted by Gasteiger charge is 1.91. The van der Waals surface area contributed by atoms with Crippen molar-refractivity contribution in [1.29, 1.82) is 0 Å². The van der Waals surface area contributed by atoms with E-state index in [0.29, 0.717) is 0 Å². The molecular weight excluding hydrogens is 136 g/mol. The molecule has 1 rings (SSSR count). The van der Waals surface area contributed by atoms with Crippen LogP contribution in [0.4, 0.5) is 0 Å². The Balaban J connectivity index is 2.85. The Bertz CT molecular complexity index is 215. The predicted molar refractivity (Wildman–Crippen MR) is 36.8 cm³/mol. The highest BCUT2D eigenvalue weighted by Crippen LogP contribution is 1.86. The van der Waals surface area contributed by atoms with Gasteiger partial charge in [0, 0.05) is 5.54 Å². The van der Waals surface area contributed by atoms with Gasteiger partial charge in [0.25, 0.3) is 0 Å². The Hall–Kier alpha value is -0.760. The van der Waals surface area contributed by atoms with Crippen molar-refractivity contribution in [1.82, 2.24) is 4.57 Å². The van der Waals surface area contributed by atoms with Gasteiger partial charge in [-0.05, 0) is 0 Å². The highest BCUT2D eigenvalue weighted by molar-refractivity contribution is 6.26. The van der Waals surface area contributed by atoms with Crippen LogP contribution in [0.2, 0.25) is 0 Å². The molecule has 0 aliphatic carbocycles. The Kier molecular flexibility index (Phi) is 1.90. The first-order chi connectivity index (χ1) is 4.33. The molecule has 2 nitrogen and oxygen atoms in total. The van der Waals surface area contributed by atoms with Gasteiger partial charge in [-0.1, -0.05) is 11.6 Å². The maximum absolute atomic E-state index is 5.33. The molecule has 0 aromatic carbocycles. The van der Waals surface area contributed by atoms with Crippen molar-refractivity contribution in [2.45, 2.75) is 0 Å². The highest BCUT2D eigenvalue weighted by atomic mass is 35.5. The molecule has 0 bridgehead atoms. The molecule has 9 heavy (non-hydrogen) atoms. The lowest BCUT2D eigenvalue weighted by molar-refractivity contribution is -0.670. The number of hydrogen-bond donors (Lipinski definition) is 0. The molecule has 0 radical (unpaired) electrons. The van der Waals surface area contributed by atoms with Crippen LogP contribution in [0.1, 0.15) is 0 Å². The number of halogens is 1. The zero-order chi connectivity index (χ0) is 6.69. The second-order valence-electron chi connectivity index (χ2n) is 1.80. The maximum Gasteiger partial charge on any atom is 0.248 e. The fourth-order valence-electron chi connectivity index (χ4n) is 0.623. The third-order valence-corrected chi connectivity index (χ3v) is 1.13. The topological polar surface area (TPSA) is 8.81 Å². The normalized spacial score (nSPS) is 10.9. The van der Waals surface area contributed by atoms with Crippen LogP contribution in [0.3, 0.4) is 0 Å². The molecule has 0 amide bonds. The summed E-state index contributed by atoms with van der Waals surface area (Å²) in [5, 5.41) is 0. The lowest BCUT2D eigenvalue weighted by atomic mass is 10.8. The zero-order valence-electron chi connectivity index (χ0n) is 5.16. The molecule has 1 aromatic rings. The number of aromatic nitrogens is 2. The van der Waals surface area contributed by atoms with Crippen molar-refractivity contribution in [3.63, 3.8) is 0 Å². The number of nitrogens with zero attached hydrogens (tertiary/aromatic N) is 2. The molecule has 0 N–H and O–H groups in total. The molecule has 0 spiro atoms. The Morgan fingerprint density at radius 3 is 2.89 bits per heavy atom. The zero-order valence-corrected chi connectivity index (χ0v) is 5.92. The molecular formula is C6H8ClN2+. The smallest absolute Gasteiger partial charge is 0.239 e. The quantitative estimate of drug-likeness (QED) is 0.519. The summed E-state index contributed by atoms with van der Waals surface area (Å²) in [6, 6.07) is 0. The second kappa shape index (κ2) is 2.69. The van der Waals surface area contributed by atoms with E-state index in [2.05, 4.69) is 0 Å². The van der Waals surface area contributed by atoms with Crippen LogP contribution < -0.4 is 4.57 Å². The molecule has 48 valence electrons. The van der Waals surface area contributed by atoms with Crippen molar-refractivity contribution in [2.24, 2.45) is 7.05 Å². The van der Waals surface area contributed by atoms with E-state index in [1.807, 2.05) is 34.9 Å². The van der Waals surface area contributed by atoms with Gasteiger partial charge < -0.3 is 0 Å². The molecule has 0 aliphatic heterocycles. The second-order valence-corrected chi connectivity index (χ2v) is 2.05. The van der Waals surface area contributed by atoms with Crippen LogP contribution in [0.5, 0.6) is 0 Å². The molecule has 1 heterocycles. The summed E-state index contributed by atoms with van der Waals surface area (Å²) in [6.07, 6.45) is 7.54. The third-order valence-electron chi connectivity index (χ3n) is 1.02. The summed E-state index contributed by atoms with van der Waals surface area (Å²) in [4.78, 5) is 0. The van der Waals surface area contributed by atoms with Crippen LogP contribution in [0.15, 0.2) is 24.3 Å². The van der Waals surface area contributed by atoms with Crippen molar-refractivity contribution in [3.05, 3.63) is 24.3 Å². The molecule has 1 aromatic heterocycles. The van der Waals surface area contributed by atoms with E-state index in [9.17, 15) is 0 Å². The first kappa shape index (κ1) is 6.36. The Labute approximate surface area is 59.0 Å². The molecule has 0 aliphatic rings. The minimum Gasteiger partial charge on any atom is -0.239 e. The van der Waals surface area contributed by atoms with Gasteiger partial charge in [0.05, 0.1) is 7.05 Å². The van der Waals surface area contributed by atoms with Crippen molar-refractivity contribution in [2.75, 3.05) is 0 Å². The standard InChI is InChI=1S/C6H8ClN2/c1-8-4-5-9(6-8)3-2-7/h2-6H,1H3/q+1/b3-2+. The van der Waals surface area contributed by atoms with Gasteiger partial charge in [-0.15, -0.1) is 0 Å². The summed E-state index contributed by atoms with van der Waals surface area (Å²) >= 11 is 5.33. The number of aryl methyl sites for hydroxylation is 1. The van der Waals surface area contributed by atoms with Crippen LogP contribution in [-0.2, 0) is 7.05 Å². The van der Waals surface area contributed by atoms with Crippen molar-refractivity contribution in [3.8, 4) is 0 Å². The molecule has 0 atom stereocenters. The number of hydrogen-bond acceptors (Lipinski definition) is 0. The Morgan fingerprint density at radius 1 is 1.67 bits per heavy atom. The van der Waals surface area contributed by atoms with Gasteiger partial charge >= 0.3 is 0 Å². The first-order valence-electron chi connectivity index (χ1n) is 2.62. The van der Waals surface area contributed by atoms with E-state index in [1.165, 1.54) is 5.54 Å². The average molecular weight is 144 g/mol. The third kappa shape index (κ3) is 1.57. The summed E-state index contributed by atoms with van der Waals surface area (Å²) < 4.78 is 3.81. The monoisotopic (exact) mass is 143 g/mol. The minimum atomic E-state index is 1.47. The molecule has 3 heteroatoms. The van der Waals surface area contributed by atoms with Crippen molar-refractivity contribution < 1.29 is 4.57 Å². The van der Waals surface area contributed by atoms with Gasteiger partial charge in [0.15, 0.2) is 0 Å². The SMILES string of the molecule is C[n+]1ccn(/C=C/Cl)c1. The lowest BCUT2D eigenvalue weighted by Gasteiger charge is -1.76. The van der Waals surface area contributed by atoms with Crippen LogP contribution >= 0.6 is 11.6 Å². The maximum atomic E-state index is 5.33. The van der Waals surface area contributed by atoms with E-state index < -0.39 is 0 Å². The van der Waals surface area contributed by atoms with Gasteiger partial charge in [-0.2, -0.15) is 0 Å². The number of rotatable bonds is 1. The molecule has 0 fully saturated rings. The summed E-state index contributed by atoms with van der Waals surface area (Å²) in [5.41, 5.74) is 1.47. The van der Waals surface area contributed by atoms with Crippen molar-refractivity contribution >= 4 is 17.8 Å². The number of imidazole rings is 1. The summed E-state index contributed by atoms with van der Waals surface area (Å²) in [7, 11) is 1.96. The van der Waals surface area contributed by atoms with E-state index >= 15 is 0 Å². The summed E-state index contributed by atoms with van der Waals surface area (Å²) in [5.74, 6) is 0. The van der Waals surface area contributed by atoms with E-state index in [1.54, 1.807) is 6.20 Å². The van der Waals surface area contributed by atoms with Gasteiger partial charge in [-0.3, -0.25) is 0 Å². The summed E-state index contributed by atoms with van der Waals surface area (Å²) in [6.45, 7) is 0. The van der Waals surface area contributed by atoms with E-state index in [-0.39, 0.29) is 0 Å². The first-order valence-corrected chi connectivity index (χ1v) is 3.06. The largest absolute Gasteiger partial charge is 0.248 e. The lowest BCUT2D eigenvalue weighted by Crippen LogP contribution is -2.23. The van der Waals surface area contributed by atoms with Crippen LogP contribution in [0, 0.1) is 0 Å². The van der Waals surface area contributed by atoms with Crippen LogP contribution in [-0.4, -0.2) is 4.57 Å². The Morgan fingerprint density at radius 2 is 2.44 bits per heavy atom. The van der Waals surface area contributed by atoms with Gasteiger partial charge in [-0.25, -0.2) is 9.13 Å². The fourth-order valence-corrected chi connectivity index (χ4v) is 0.753. The molecule has 0 unspecified atom stereocenters. The molecule has 0 saturated carbocycles. The van der Waals surface area contributed by atoms with E-state index in [0.717, 1.165) is 0 Å². The predicted octanol–water partition coefficient (Wildman–Crippen LogP) is 0.980. The fraction of sp³-hybridized carbons (Fsp3) is 0.167. The van der Waals surface area contributed by atoms with Gasteiger partial charge in [0.2, 0.25) is 6.33 Å². The minimum absolute atomic E-state index is 1.47. The van der Waals surface area contributed by atoms with Gasteiger partial charge in [0.1, 0.15) is 18.6 Å². The average Bonchev–Trinajstić information content (AvgIpc) is 2.17. The molecule has 0 saturated heterocycles. The van der Waals surface area contributed by atoms with Crippen LogP contribution in [0.25, 0.3) is 6.20 Å².